The molecule has 0 unspecified atom stereocenters. The van der Waals surface area contributed by atoms with E-state index in [-0.39, 0.29) is 11.1 Å². The molecule has 0 saturated carbocycles. The number of benzene rings is 1. The van der Waals surface area contributed by atoms with Crippen LogP contribution in [0.2, 0.25) is 10.2 Å². The fourth-order valence-electron chi connectivity index (χ4n) is 3.12. The van der Waals surface area contributed by atoms with E-state index in [9.17, 15) is 4.79 Å². The molecular formula is C20H17Cl2N5O. The van der Waals surface area contributed by atoms with Crippen LogP contribution in [0.25, 0.3) is 11.3 Å². The van der Waals surface area contributed by atoms with Gasteiger partial charge in [-0.1, -0.05) is 35.3 Å². The van der Waals surface area contributed by atoms with E-state index >= 15 is 0 Å². The van der Waals surface area contributed by atoms with Crippen molar-refractivity contribution in [3.05, 3.63) is 70.5 Å². The number of hydrogen-bond donors (Lipinski definition) is 0. The molecule has 0 spiro atoms. The number of carbonyl (C=O) groups excluding carboxylic acids is 1. The Balaban J connectivity index is 1.40. The molecule has 4 rings (SSSR count). The third kappa shape index (κ3) is 3.93. The summed E-state index contributed by atoms with van der Waals surface area (Å²) >= 11 is 12.0. The lowest BCUT2D eigenvalue weighted by atomic mass is 10.1. The number of anilines is 1. The summed E-state index contributed by atoms with van der Waals surface area (Å²) in [6, 6.07) is 14.8. The van der Waals surface area contributed by atoms with E-state index in [0.717, 1.165) is 17.1 Å². The molecule has 2 aromatic heterocycles. The van der Waals surface area contributed by atoms with Crippen LogP contribution in [0.4, 0.5) is 5.82 Å². The standard InChI is InChI=1S/C20H17Cl2N5O/c21-15-5-3-14(4-6-15)17-7-8-18(25-24-17)26-10-12-27(13-11-26)20(28)16-2-1-9-23-19(16)22/h1-9H,10-13H2. The number of aromatic nitrogens is 3. The second kappa shape index (κ2) is 8.12. The molecule has 0 atom stereocenters. The Morgan fingerprint density at radius 1 is 0.893 bits per heavy atom. The van der Waals surface area contributed by atoms with Crippen molar-refractivity contribution in [1.29, 1.82) is 0 Å². The van der Waals surface area contributed by atoms with Crippen LogP contribution >= 0.6 is 23.2 Å². The minimum absolute atomic E-state index is 0.0954. The van der Waals surface area contributed by atoms with Crippen molar-refractivity contribution in [1.82, 2.24) is 20.1 Å². The highest BCUT2D eigenvalue weighted by molar-refractivity contribution is 6.32. The van der Waals surface area contributed by atoms with Gasteiger partial charge in [-0.25, -0.2) is 4.98 Å². The molecule has 8 heteroatoms. The molecule has 1 saturated heterocycles. The Morgan fingerprint density at radius 2 is 1.64 bits per heavy atom. The zero-order valence-corrected chi connectivity index (χ0v) is 16.4. The van der Waals surface area contributed by atoms with Gasteiger partial charge in [0, 0.05) is 43.0 Å². The fraction of sp³-hybridized carbons (Fsp3) is 0.200. The Labute approximate surface area is 172 Å². The summed E-state index contributed by atoms with van der Waals surface area (Å²) in [4.78, 5) is 20.5. The first kappa shape index (κ1) is 18.7. The number of amides is 1. The number of nitrogens with zero attached hydrogens (tertiary/aromatic N) is 5. The molecule has 1 aliphatic heterocycles. The van der Waals surface area contributed by atoms with Gasteiger partial charge in [-0.05, 0) is 36.4 Å². The van der Waals surface area contributed by atoms with Gasteiger partial charge >= 0.3 is 0 Å². The molecule has 1 fully saturated rings. The van der Waals surface area contributed by atoms with Crippen LogP contribution in [0.3, 0.4) is 0 Å². The highest BCUT2D eigenvalue weighted by atomic mass is 35.5. The van der Waals surface area contributed by atoms with Crippen molar-refractivity contribution in [2.24, 2.45) is 0 Å². The number of hydrogen-bond acceptors (Lipinski definition) is 5. The Hall–Kier alpha value is -2.70. The molecule has 0 aliphatic carbocycles. The predicted molar refractivity (Wildman–Crippen MR) is 110 cm³/mol. The van der Waals surface area contributed by atoms with Gasteiger partial charge in [0.05, 0.1) is 11.3 Å². The SMILES string of the molecule is O=C(c1cccnc1Cl)N1CCN(c2ccc(-c3ccc(Cl)cc3)nn2)CC1. The van der Waals surface area contributed by atoms with Crippen LogP contribution in [0.5, 0.6) is 0 Å². The molecule has 28 heavy (non-hydrogen) atoms. The van der Waals surface area contributed by atoms with E-state index in [4.69, 9.17) is 23.2 Å². The Morgan fingerprint density at radius 3 is 2.29 bits per heavy atom. The van der Waals surface area contributed by atoms with Gasteiger partial charge in [-0.15, -0.1) is 10.2 Å². The van der Waals surface area contributed by atoms with Crippen molar-refractivity contribution in [3.63, 3.8) is 0 Å². The quantitative estimate of drug-likeness (QED) is 0.610. The highest BCUT2D eigenvalue weighted by Crippen LogP contribution is 2.22. The van der Waals surface area contributed by atoms with Crippen LogP contribution in [-0.4, -0.2) is 52.2 Å². The van der Waals surface area contributed by atoms with E-state index in [1.165, 1.54) is 0 Å². The van der Waals surface area contributed by atoms with Crippen molar-refractivity contribution in [2.75, 3.05) is 31.1 Å². The maximum Gasteiger partial charge on any atom is 0.257 e. The van der Waals surface area contributed by atoms with Crippen molar-refractivity contribution in [2.45, 2.75) is 0 Å². The summed E-state index contributed by atoms with van der Waals surface area (Å²) in [6.07, 6.45) is 1.57. The smallest absolute Gasteiger partial charge is 0.257 e. The normalized spacial score (nSPS) is 14.2. The lowest BCUT2D eigenvalue weighted by molar-refractivity contribution is 0.0746. The summed E-state index contributed by atoms with van der Waals surface area (Å²) in [5.41, 5.74) is 2.19. The molecule has 0 N–H and O–H groups in total. The lowest BCUT2D eigenvalue weighted by Crippen LogP contribution is -2.49. The van der Waals surface area contributed by atoms with Gasteiger partial charge in [0.15, 0.2) is 5.82 Å². The van der Waals surface area contributed by atoms with Gasteiger partial charge in [-0.2, -0.15) is 0 Å². The molecule has 142 valence electrons. The summed E-state index contributed by atoms with van der Waals surface area (Å²) in [5, 5.41) is 9.60. The predicted octanol–water partition coefficient (Wildman–Crippen LogP) is 3.81. The topological polar surface area (TPSA) is 62.2 Å². The monoisotopic (exact) mass is 413 g/mol. The molecule has 1 aliphatic rings. The maximum atomic E-state index is 12.6. The molecule has 1 amide bonds. The number of rotatable bonds is 3. The van der Waals surface area contributed by atoms with Crippen molar-refractivity contribution in [3.8, 4) is 11.3 Å². The van der Waals surface area contributed by atoms with Crippen LogP contribution in [-0.2, 0) is 0 Å². The molecule has 0 bridgehead atoms. The lowest BCUT2D eigenvalue weighted by Gasteiger charge is -2.35. The van der Waals surface area contributed by atoms with Crippen molar-refractivity contribution >= 4 is 34.9 Å². The molecule has 6 nitrogen and oxygen atoms in total. The fourth-order valence-corrected chi connectivity index (χ4v) is 3.45. The first-order valence-corrected chi connectivity index (χ1v) is 9.62. The van der Waals surface area contributed by atoms with E-state index < -0.39 is 0 Å². The number of piperazine rings is 1. The van der Waals surface area contributed by atoms with E-state index in [1.807, 2.05) is 36.4 Å². The van der Waals surface area contributed by atoms with Crippen LogP contribution in [0.1, 0.15) is 10.4 Å². The Kier molecular flexibility index (Phi) is 5.41. The minimum atomic E-state index is -0.0954. The average molecular weight is 414 g/mol. The van der Waals surface area contributed by atoms with Gasteiger partial charge in [-0.3, -0.25) is 4.79 Å². The van der Waals surface area contributed by atoms with Gasteiger partial charge in [0.2, 0.25) is 0 Å². The highest BCUT2D eigenvalue weighted by Gasteiger charge is 2.24. The second-order valence-corrected chi connectivity index (χ2v) is 7.20. The van der Waals surface area contributed by atoms with Gasteiger partial charge < -0.3 is 9.80 Å². The minimum Gasteiger partial charge on any atom is -0.352 e. The zero-order chi connectivity index (χ0) is 19.5. The molecular weight excluding hydrogens is 397 g/mol. The van der Waals surface area contributed by atoms with Gasteiger partial charge in [0.25, 0.3) is 5.91 Å². The third-order valence-corrected chi connectivity index (χ3v) is 5.22. The molecule has 1 aromatic carbocycles. The maximum absolute atomic E-state index is 12.6. The van der Waals surface area contributed by atoms with Crippen LogP contribution in [0, 0.1) is 0 Å². The zero-order valence-electron chi connectivity index (χ0n) is 14.9. The van der Waals surface area contributed by atoms with Crippen LogP contribution < -0.4 is 4.90 Å². The first-order chi connectivity index (χ1) is 13.6. The average Bonchev–Trinajstić information content (AvgIpc) is 2.74. The summed E-state index contributed by atoms with van der Waals surface area (Å²) in [5.74, 6) is 0.700. The van der Waals surface area contributed by atoms with Gasteiger partial charge in [0.1, 0.15) is 5.15 Å². The Bertz CT molecular complexity index is 971. The largest absolute Gasteiger partial charge is 0.352 e. The number of carbonyl (C=O) groups is 1. The second-order valence-electron chi connectivity index (χ2n) is 6.40. The summed E-state index contributed by atoms with van der Waals surface area (Å²) in [7, 11) is 0. The number of pyridine rings is 1. The third-order valence-electron chi connectivity index (χ3n) is 4.67. The first-order valence-electron chi connectivity index (χ1n) is 8.86. The van der Waals surface area contributed by atoms with Crippen LogP contribution in [0.15, 0.2) is 54.7 Å². The molecule has 3 heterocycles. The van der Waals surface area contributed by atoms with Crippen molar-refractivity contribution < 1.29 is 4.79 Å². The molecule has 3 aromatic rings. The number of halogens is 2. The van der Waals surface area contributed by atoms with E-state index in [1.54, 1.807) is 23.2 Å². The molecule has 0 radical (unpaired) electrons. The summed E-state index contributed by atoms with van der Waals surface area (Å²) in [6.45, 7) is 2.53. The summed E-state index contributed by atoms with van der Waals surface area (Å²) < 4.78 is 0. The van der Waals surface area contributed by atoms with E-state index in [2.05, 4.69) is 20.1 Å². The van der Waals surface area contributed by atoms with E-state index in [0.29, 0.717) is 36.8 Å².